The van der Waals surface area contributed by atoms with Crippen LogP contribution in [-0.2, 0) is 17.4 Å². The number of nitrogens with zero attached hydrogens (tertiary/aromatic N) is 2. The monoisotopic (exact) mass is 551 g/mol. The van der Waals surface area contributed by atoms with Crippen molar-refractivity contribution in [3.8, 4) is 11.5 Å². The molecule has 39 heavy (non-hydrogen) atoms. The van der Waals surface area contributed by atoms with Crippen LogP contribution >= 0.6 is 0 Å². The van der Waals surface area contributed by atoms with Crippen molar-refractivity contribution in [1.29, 1.82) is 0 Å². The van der Waals surface area contributed by atoms with Gasteiger partial charge in [0.1, 0.15) is 6.04 Å². The van der Waals surface area contributed by atoms with Gasteiger partial charge in [-0.1, -0.05) is 23.8 Å². The fourth-order valence-electron chi connectivity index (χ4n) is 5.26. The van der Waals surface area contributed by atoms with E-state index < -0.39 is 23.8 Å². The van der Waals surface area contributed by atoms with Gasteiger partial charge < -0.3 is 29.9 Å². The predicted molar refractivity (Wildman–Crippen MR) is 139 cm³/mol. The highest BCUT2D eigenvalue weighted by molar-refractivity contribution is 5.84. The third kappa shape index (κ3) is 7.02. The highest BCUT2D eigenvalue weighted by Gasteiger charge is 2.37. The number of aliphatic hydroxyl groups is 2. The fraction of sp³-hybridized carbons (Fsp3) is 0.536. The summed E-state index contributed by atoms with van der Waals surface area (Å²) in [5.41, 5.74) is 1.03. The zero-order valence-electron chi connectivity index (χ0n) is 22.2. The lowest BCUT2D eigenvalue weighted by Gasteiger charge is -2.39. The molecular weight excluding hydrogens is 515 g/mol. The highest BCUT2D eigenvalue weighted by Crippen LogP contribution is 2.41. The molecule has 1 atom stereocenters. The van der Waals surface area contributed by atoms with Crippen molar-refractivity contribution in [2.45, 2.75) is 50.5 Å². The smallest absolute Gasteiger partial charge is 0.416 e. The maximum Gasteiger partial charge on any atom is 0.416 e. The number of fused-ring (bicyclic) bond motifs is 1. The van der Waals surface area contributed by atoms with Gasteiger partial charge in [-0.05, 0) is 49.9 Å². The Hall–Kier alpha value is -2.86. The van der Waals surface area contributed by atoms with Crippen LogP contribution in [0, 0.1) is 6.92 Å². The molecule has 0 aromatic heterocycles. The zero-order chi connectivity index (χ0) is 28.2. The second-order valence-electron chi connectivity index (χ2n) is 10.2. The first-order valence-electron chi connectivity index (χ1n) is 13.1. The molecule has 0 radical (unpaired) electrons. The molecule has 4 rings (SSSR count). The summed E-state index contributed by atoms with van der Waals surface area (Å²) < 4.78 is 51.2. The van der Waals surface area contributed by atoms with Gasteiger partial charge in [0.2, 0.25) is 12.7 Å². The molecule has 0 bridgehead atoms. The Morgan fingerprint density at radius 2 is 1.87 bits per heavy atom. The van der Waals surface area contributed by atoms with Gasteiger partial charge in [-0.3, -0.25) is 9.69 Å². The number of likely N-dealkylation sites (tertiary alicyclic amines) is 1. The number of hydrogen-bond donors (Lipinski definition) is 3. The number of para-hydroxylation sites is 1. The summed E-state index contributed by atoms with van der Waals surface area (Å²) in [4.78, 5) is 17.6. The Bertz CT molecular complexity index is 1130. The molecule has 0 saturated carbocycles. The first kappa shape index (κ1) is 29.1. The topological polar surface area (TPSA) is 94.5 Å². The average molecular weight is 552 g/mol. The Morgan fingerprint density at radius 3 is 2.54 bits per heavy atom. The molecule has 3 N–H and O–H groups in total. The van der Waals surface area contributed by atoms with Crippen LogP contribution in [0.4, 0.5) is 13.2 Å². The number of alkyl halides is 3. The van der Waals surface area contributed by atoms with E-state index in [2.05, 4.69) is 10.2 Å². The van der Waals surface area contributed by atoms with Gasteiger partial charge in [0, 0.05) is 38.3 Å². The lowest BCUT2D eigenvalue weighted by Crippen LogP contribution is -2.51. The molecule has 2 heterocycles. The van der Waals surface area contributed by atoms with E-state index >= 15 is 0 Å². The number of piperidine rings is 1. The van der Waals surface area contributed by atoms with Crippen molar-refractivity contribution < 1.29 is 37.7 Å². The molecular formula is C28H36F3N3O5. The van der Waals surface area contributed by atoms with Crippen LogP contribution in [0.2, 0.25) is 0 Å². The molecule has 1 unspecified atom stereocenters. The van der Waals surface area contributed by atoms with E-state index in [4.69, 9.17) is 9.47 Å². The molecule has 8 nitrogen and oxygen atoms in total. The predicted octanol–water partition coefficient (Wildman–Crippen LogP) is 2.89. The van der Waals surface area contributed by atoms with E-state index in [0.29, 0.717) is 54.1 Å². The van der Waals surface area contributed by atoms with E-state index in [1.165, 1.54) is 0 Å². The van der Waals surface area contributed by atoms with Crippen molar-refractivity contribution in [3.05, 3.63) is 58.7 Å². The number of hydrogen-bond acceptors (Lipinski definition) is 7. The molecule has 2 aromatic rings. The number of halogens is 3. The molecule has 2 aliphatic heterocycles. The SMILES string of the molecule is Cc1cc(CCN(C)C(=O)C(c2cccc3c2OCO3)N2CCC(NC(CO)CO)CC2)cc(C(F)(F)F)c1. The quantitative estimate of drug-likeness (QED) is 0.418. The van der Waals surface area contributed by atoms with Crippen molar-refractivity contribution >= 4 is 5.91 Å². The van der Waals surface area contributed by atoms with E-state index in [9.17, 15) is 28.2 Å². The van der Waals surface area contributed by atoms with Gasteiger partial charge in [0.15, 0.2) is 11.5 Å². The number of likely N-dealkylation sites (N-methyl/N-ethyl adjacent to an activating group) is 1. The molecule has 0 spiro atoms. The fourth-order valence-corrected chi connectivity index (χ4v) is 5.26. The zero-order valence-corrected chi connectivity index (χ0v) is 22.2. The third-order valence-electron chi connectivity index (χ3n) is 7.34. The van der Waals surface area contributed by atoms with E-state index in [1.807, 2.05) is 12.1 Å². The van der Waals surface area contributed by atoms with Crippen LogP contribution in [0.15, 0.2) is 36.4 Å². The Morgan fingerprint density at radius 1 is 1.15 bits per heavy atom. The number of nitrogens with one attached hydrogen (secondary N) is 1. The summed E-state index contributed by atoms with van der Waals surface area (Å²) in [7, 11) is 1.66. The van der Waals surface area contributed by atoms with Gasteiger partial charge in [0.05, 0.1) is 24.8 Å². The maximum atomic E-state index is 13.9. The van der Waals surface area contributed by atoms with E-state index in [1.54, 1.807) is 31.0 Å². The van der Waals surface area contributed by atoms with Gasteiger partial charge in [-0.2, -0.15) is 13.2 Å². The minimum Gasteiger partial charge on any atom is -0.454 e. The van der Waals surface area contributed by atoms with Gasteiger partial charge in [-0.15, -0.1) is 0 Å². The standard InChI is InChI=1S/C28H36F3N3O5/c1-18-12-19(14-20(13-18)28(29,30)31)6-9-33(2)27(37)25(23-4-3-5-24-26(23)39-17-38-24)34-10-7-21(8-11-34)32-22(15-35)16-36/h3-5,12-14,21-22,25,32,35-36H,6-11,15-17H2,1-2H3. The van der Waals surface area contributed by atoms with Crippen molar-refractivity contribution in [3.63, 3.8) is 0 Å². The first-order valence-corrected chi connectivity index (χ1v) is 13.1. The molecule has 1 amide bonds. The summed E-state index contributed by atoms with van der Waals surface area (Å²) >= 11 is 0. The molecule has 11 heteroatoms. The molecule has 1 fully saturated rings. The third-order valence-corrected chi connectivity index (χ3v) is 7.34. The molecule has 2 aliphatic rings. The number of amides is 1. The molecule has 214 valence electrons. The van der Waals surface area contributed by atoms with Crippen LogP contribution in [0.5, 0.6) is 11.5 Å². The summed E-state index contributed by atoms with van der Waals surface area (Å²) in [6.07, 6.45) is -2.74. The summed E-state index contributed by atoms with van der Waals surface area (Å²) in [5.74, 6) is 0.911. The number of benzene rings is 2. The maximum absolute atomic E-state index is 13.9. The van der Waals surface area contributed by atoms with Crippen molar-refractivity contribution in [2.75, 3.05) is 46.7 Å². The largest absolute Gasteiger partial charge is 0.454 e. The average Bonchev–Trinajstić information content (AvgIpc) is 3.40. The minimum atomic E-state index is -4.43. The van der Waals surface area contributed by atoms with E-state index in [-0.39, 0.29) is 44.9 Å². The summed E-state index contributed by atoms with van der Waals surface area (Å²) in [6.45, 7) is 2.78. The molecule has 2 aromatic carbocycles. The van der Waals surface area contributed by atoms with Gasteiger partial charge in [0.25, 0.3) is 0 Å². The van der Waals surface area contributed by atoms with Crippen LogP contribution in [0.3, 0.4) is 0 Å². The summed E-state index contributed by atoms with van der Waals surface area (Å²) in [5, 5.41) is 22.1. The number of aliphatic hydroxyl groups excluding tert-OH is 2. The van der Waals surface area contributed by atoms with E-state index in [0.717, 1.165) is 12.1 Å². The van der Waals surface area contributed by atoms with Crippen LogP contribution < -0.4 is 14.8 Å². The number of rotatable bonds is 10. The lowest BCUT2D eigenvalue weighted by molar-refractivity contribution is -0.138. The number of ether oxygens (including phenoxy) is 2. The second kappa shape index (κ2) is 12.5. The Balaban J connectivity index is 1.51. The molecule has 1 saturated heterocycles. The number of aryl methyl sites for hydroxylation is 1. The Kier molecular flexibility index (Phi) is 9.37. The normalized spacial score (nSPS) is 17.0. The highest BCUT2D eigenvalue weighted by atomic mass is 19.4. The Labute approximate surface area is 226 Å². The lowest BCUT2D eigenvalue weighted by atomic mass is 9.96. The van der Waals surface area contributed by atoms with Gasteiger partial charge >= 0.3 is 6.18 Å². The first-order chi connectivity index (χ1) is 18.6. The van der Waals surface area contributed by atoms with Crippen LogP contribution in [0.1, 0.15) is 41.1 Å². The van der Waals surface area contributed by atoms with Crippen LogP contribution in [0.25, 0.3) is 0 Å². The summed E-state index contributed by atoms with van der Waals surface area (Å²) in [6, 6.07) is 8.44. The van der Waals surface area contributed by atoms with Gasteiger partial charge in [-0.25, -0.2) is 0 Å². The molecule has 0 aliphatic carbocycles. The second-order valence-corrected chi connectivity index (χ2v) is 10.2. The minimum absolute atomic E-state index is 0.0632. The van der Waals surface area contributed by atoms with Crippen LogP contribution in [-0.4, -0.2) is 84.7 Å². The number of carbonyl (C=O) groups is 1. The number of carbonyl (C=O) groups excluding carboxylic acids is 1. The van der Waals surface area contributed by atoms with Crippen molar-refractivity contribution in [1.82, 2.24) is 15.1 Å². The van der Waals surface area contributed by atoms with Crippen molar-refractivity contribution in [2.24, 2.45) is 0 Å².